The van der Waals surface area contributed by atoms with Crippen LogP contribution in [0.15, 0.2) is 48.1 Å². The first kappa shape index (κ1) is 23.0. The summed E-state index contributed by atoms with van der Waals surface area (Å²) in [5.74, 6) is 1.78. The highest BCUT2D eigenvalue weighted by Gasteiger charge is 2.38. The van der Waals surface area contributed by atoms with Crippen molar-refractivity contribution in [3.63, 3.8) is 0 Å². The fourth-order valence-corrected chi connectivity index (χ4v) is 6.35. The van der Waals surface area contributed by atoms with E-state index in [1.165, 1.54) is 42.2 Å². The van der Waals surface area contributed by atoms with Crippen molar-refractivity contribution in [3.8, 4) is 0 Å². The molecule has 0 atom stereocenters. The quantitative estimate of drug-likeness (QED) is 0.608. The molecule has 2 fully saturated rings. The average Bonchev–Trinajstić information content (AvgIpc) is 3.00. The minimum atomic E-state index is -0.123. The zero-order chi connectivity index (χ0) is 23.7. The van der Waals surface area contributed by atoms with Crippen LogP contribution in [0, 0.1) is 11.8 Å². The Kier molecular flexibility index (Phi) is 6.68. The monoisotopic (exact) mass is 462 g/mol. The lowest BCUT2D eigenvalue weighted by atomic mass is 9.69. The lowest BCUT2D eigenvalue weighted by molar-refractivity contribution is -0.141. The molecule has 0 N–H and O–H groups in total. The fourth-order valence-electron chi connectivity index (χ4n) is 6.35. The van der Waals surface area contributed by atoms with E-state index in [1.54, 1.807) is 24.0 Å². The Labute approximate surface area is 201 Å². The molecule has 6 heteroatoms. The number of amides is 3. The van der Waals surface area contributed by atoms with Gasteiger partial charge in [-0.25, -0.2) is 0 Å². The highest BCUT2D eigenvalue weighted by molar-refractivity contribution is 6.16. The van der Waals surface area contributed by atoms with Crippen molar-refractivity contribution < 1.29 is 19.1 Å². The predicted molar refractivity (Wildman–Crippen MR) is 130 cm³/mol. The van der Waals surface area contributed by atoms with Gasteiger partial charge in [-0.15, -0.1) is 0 Å². The Morgan fingerprint density at radius 2 is 1.47 bits per heavy atom. The molecule has 2 saturated carbocycles. The van der Waals surface area contributed by atoms with Crippen molar-refractivity contribution >= 4 is 23.4 Å². The van der Waals surface area contributed by atoms with Crippen molar-refractivity contribution in [2.24, 2.45) is 11.8 Å². The summed E-state index contributed by atoms with van der Waals surface area (Å²) >= 11 is 0. The first-order chi connectivity index (χ1) is 16.5. The number of hydrogen-bond acceptors (Lipinski definition) is 4. The molecular weight excluding hydrogens is 428 g/mol. The molecule has 4 aliphatic rings. The minimum Gasteiger partial charge on any atom is -0.357 e. The van der Waals surface area contributed by atoms with Crippen molar-refractivity contribution in [1.29, 1.82) is 0 Å². The van der Waals surface area contributed by atoms with E-state index < -0.39 is 0 Å². The van der Waals surface area contributed by atoms with Crippen LogP contribution in [-0.2, 0) is 19.1 Å². The topological polar surface area (TPSA) is 66.9 Å². The van der Waals surface area contributed by atoms with Gasteiger partial charge in [0.1, 0.15) is 6.73 Å². The second-order valence-electron chi connectivity index (χ2n) is 10.3. The summed E-state index contributed by atoms with van der Waals surface area (Å²) in [6, 6.07) is 8.51. The van der Waals surface area contributed by atoms with Crippen LogP contribution in [-0.4, -0.2) is 42.0 Å². The van der Waals surface area contributed by atoms with Crippen molar-refractivity contribution in [2.75, 3.05) is 18.2 Å². The third-order valence-electron chi connectivity index (χ3n) is 8.32. The van der Waals surface area contributed by atoms with Crippen LogP contribution in [0.5, 0.6) is 0 Å². The zero-order valence-electron chi connectivity index (χ0n) is 19.9. The summed E-state index contributed by atoms with van der Waals surface area (Å²) < 4.78 is 5.48. The maximum Gasteiger partial charge on any atom is 0.256 e. The van der Waals surface area contributed by atoms with Crippen LogP contribution in [0.3, 0.4) is 0 Å². The van der Waals surface area contributed by atoms with Crippen LogP contribution in [0.1, 0.15) is 69.8 Å². The molecule has 0 saturated heterocycles. The summed E-state index contributed by atoms with van der Waals surface area (Å²) in [7, 11) is 0. The molecule has 6 nitrogen and oxygen atoms in total. The highest BCUT2D eigenvalue weighted by atomic mass is 16.5. The number of anilines is 1. The van der Waals surface area contributed by atoms with E-state index >= 15 is 0 Å². The lowest BCUT2D eigenvalue weighted by Gasteiger charge is -2.39. The molecule has 2 aliphatic carbocycles. The van der Waals surface area contributed by atoms with Gasteiger partial charge in [-0.05, 0) is 93.7 Å². The van der Waals surface area contributed by atoms with E-state index in [4.69, 9.17) is 4.74 Å². The molecule has 0 aromatic heterocycles. The molecule has 2 aliphatic heterocycles. The van der Waals surface area contributed by atoms with Crippen LogP contribution in [0.2, 0.25) is 0 Å². The standard InChI is InChI=1S/C28H34N2O4/c1-19-17-27(32)30(28(19)33)25-14-10-23(11-15-25)21-6-4-20(5-7-21)22-8-12-24(13-9-22)29-18-34-16-2-3-26(29)31/h2-3,8-9,12-13,17,20-21,23,25H,4-7,10-11,14-16,18H2,1H3. The van der Waals surface area contributed by atoms with Gasteiger partial charge in [-0.3, -0.25) is 24.2 Å². The SMILES string of the molecule is CC1=CC(=O)N(C2CCC(C3CCC(c4ccc(N5COCC=CC5=O)cc4)CC3)CC2)C1=O. The van der Waals surface area contributed by atoms with E-state index in [0.717, 1.165) is 37.3 Å². The van der Waals surface area contributed by atoms with E-state index in [-0.39, 0.29) is 30.5 Å². The lowest BCUT2D eigenvalue weighted by Crippen LogP contribution is -2.43. The molecule has 0 spiro atoms. The second kappa shape index (κ2) is 9.87. The Bertz CT molecular complexity index is 996. The zero-order valence-corrected chi connectivity index (χ0v) is 19.9. The summed E-state index contributed by atoms with van der Waals surface area (Å²) in [6.45, 7) is 2.49. The number of rotatable bonds is 4. The van der Waals surface area contributed by atoms with Gasteiger partial charge < -0.3 is 4.74 Å². The third kappa shape index (κ3) is 4.61. The van der Waals surface area contributed by atoms with Gasteiger partial charge in [0.25, 0.3) is 17.7 Å². The van der Waals surface area contributed by atoms with Gasteiger partial charge in [-0.1, -0.05) is 18.2 Å². The van der Waals surface area contributed by atoms with Gasteiger partial charge >= 0.3 is 0 Å². The summed E-state index contributed by atoms with van der Waals surface area (Å²) in [4.78, 5) is 39.9. The molecule has 5 rings (SSSR count). The first-order valence-electron chi connectivity index (χ1n) is 12.7. The molecule has 3 amide bonds. The summed E-state index contributed by atoms with van der Waals surface area (Å²) in [5, 5.41) is 0. The molecule has 34 heavy (non-hydrogen) atoms. The molecule has 0 unspecified atom stereocenters. The van der Waals surface area contributed by atoms with Crippen LogP contribution < -0.4 is 4.90 Å². The van der Waals surface area contributed by atoms with E-state index in [2.05, 4.69) is 12.1 Å². The molecule has 180 valence electrons. The second-order valence-corrected chi connectivity index (χ2v) is 10.3. The maximum absolute atomic E-state index is 12.3. The first-order valence-corrected chi connectivity index (χ1v) is 12.7. The molecule has 2 heterocycles. The predicted octanol–water partition coefficient (Wildman–Crippen LogP) is 4.71. The smallest absolute Gasteiger partial charge is 0.256 e. The van der Waals surface area contributed by atoms with Gasteiger partial charge in [0.2, 0.25) is 0 Å². The maximum atomic E-state index is 12.3. The number of nitrogens with zero attached hydrogens (tertiary/aromatic N) is 2. The van der Waals surface area contributed by atoms with Crippen LogP contribution in [0.25, 0.3) is 0 Å². The van der Waals surface area contributed by atoms with Crippen molar-refractivity contribution in [1.82, 2.24) is 4.90 Å². The average molecular weight is 463 g/mol. The number of ether oxygens (including phenoxy) is 1. The van der Waals surface area contributed by atoms with E-state index in [9.17, 15) is 14.4 Å². The van der Waals surface area contributed by atoms with Gasteiger partial charge in [0, 0.05) is 29.5 Å². The van der Waals surface area contributed by atoms with Crippen molar-refractivity contribution in [2.45, 2.75) is 70.3 Å². The fraction of sp³-hybridized carbons (Fsp3) is 0.536. The van der Waals surface area contributed by atoms with Gasteiger partial charge in [0.15, 0.2) is 0 Å². The van der Waals surface area contributed by atoms with Crippen molar-refractivity contribution in [3.05, 3.63) is 53.6 Å². The Morgan fingerprint density at radius 3 is 2.09 bits per heavy atom. The van der Waals surface area contributed by atoms with Gasteiger partial charge in [0.05, 0.1) is 6.61 Å². The molecule has 1 aromatic rings. The highest BCUT2D eigenvalue weighted by Crippen LogP contribution is 2.44. The van der Waals surface area contributed by atoms with E-state index in [1.807, 2.05) is 12.1 Å². The Hall–Kier alpha value is -2.73. The Morgan fingerprint density at radius 1 is 0.824 bits per heavy atom. The number of carbonyl (C=O) groups is 3. The number of carbonyl (C=O) groups excluding carboxylic acids is 3. The number of benzene rings is 1. The normalized spacial score (nSPS) is 30.5. The molecule has 0 radical (unpaired) electrons. The molecule has 1 aromatic carbocycles. The van der Waals surface area contributed by atoms with Crippen LogP contribution >= 0.6 is 0 Å². The Balaban J connectivity index is 1.12. The number of hydrogen-bond donors (Lipinski definition) is 0. The largest absolute Gasteiger partial charge is 0.357 e. The summed E-state index contributed by atoms with van der Waals surface area (Å²) in [5.41, 5.74) is 2.81. The summed E-state index contributed by atoms with van der Waals surface area (Å²) in [6.07, 6.45) is 13.8. The third-order valence-corrected chi connectivity index (χ3v) is 8.32. The number of imide groups is 1. The van der Waals surface area contributed by atoms with Gasteiger partial charge in [-0.2, -0.15) is 0 Å². The molecule has 0 bridgehead atoms. The van der Waals surface area contributed by atoms with E-state index in [0.29, 0.717) is 24.0 Å². The minimum absolute atomic E-state index is 0.0367. The van der Waals surface area contributed by atoms with Crippen LogP contribution in [0.4, 0.5) is 5.69 Å². The molecular formula is C28H34N2O4.